The Bertz CT molecular complexity index is 171. The minimum Gasteiger partial charge on any atom is -0.329 e. The molecule has 0 radical (unpaired) electrons. The fraction of sp³-hybridized carbons (Fsp3) is 0.571. The summed E-state index contributed by atoms with van der Waals surface area (Å²) in [4.78, 5) is 0. The Morgan fingerprint density at radius 2 is 2.45 bits per heavy atom. The van der Waals surface area contributed by atoms with Crippen molar-refractivity contribution in [3.05, 3.63) is 18.0 Å². The monoisotopic (exact) mass is 154 g/mol. The summed E-state index contributed by atoms with van der Waals surface area (Å²) >= 11 is 0. The van der Waals surface area contributed by atoms with E-state index < -0.39 is 0 Å². The van der Waals surface area contributed by atoms with Gasteiger partial charge in [-0.3, -0.25) is 5.10 Å². The average Bonchev–Trinajstić information content (AvgIpc) is 2.50. The van der Waals surface area contributed by atoms with Gasteiger partial charge >= 0.3 is 0 Å². The molecule has 62 valence electrons. The van der Waals surface area contributed by atoms with Crippen LogP contribution in [0, 0.1) is 0 Å². The molecular weight excluding hydrogens is 140 g/mol. The standard InChI is InChI=1S/C7H14N4/c8-3-6-9-4-1-7-2-5-10-11-7/h2,5,9H,1,3-4,6,8H2,(H,10,11). The van der Waals surface area contributed by atoms with Gasteiger partial charge in [0.1, 0.15) is 0 Å². The quantitative estimate of drug-likeness (QED) is 0.501. The molecule has 0 saturated heterocycles. The molecule has 4 nitrogen and oxygen atoms in total. The van der Waals surface area contributed by atoms with Crippen LogP contribution < -0.4 is 11.1 Å². The van der Waals surface area contributed by atoms with Crippen LogP contribution in [0.15, 0.2) is 12.3 Å². The number of nitrogens with one attached hydrogen (secondary N) is 2. The molecule has 1 aromatic heterocycles. The van der Waals surface area contributed by atoms with Gasteiger partial charge in [-0.25, -0.2) is 0 Å². The van der Waals surface area contributed by atoms with Gasteiger partial charge in [0.15, 0.2) is 0 Å². The van der Waals surface area contributed by atoms with Gasteiger partial charge < -0.3 is 11.1 Å². The molecule has 1 heterocycles. The highest BCUT2D eigenvalue weighted by Crippen LogP contribution is 1.90. The van der Waals surface area contributed by atoms with Crippen molar-refractivity contribution in [1.29, 1.82) is 0 Å². The molecule has 0 aliphatic heterocycles. The van der Waals surface area contributed by atoms with E-state index in [1.54, 1.807) is 6.20 Å². The van der Waals surface area contributed by atoms with Crippen molar-refractivity contribution in [1.82, 2.24) is 15.5 Å². The largest absolute Gasteiger partial charge is 0.329 e. The Morgan fingerprint density at radius 3 is 3.09 bits per heavy atom. The lowest BCUT2D eigenvalue weighted by Crippen LogP contribution is -2.24. The van der Waals surface area contributed by atoms with E-state index in [1.807, 2.05) is 6.07 Å². The number of H-pyrrole nitrogens is 1. The second-order valence-corrected chi connectivity index (χ2v) is 2.37. The molecule has 1 aromatic rings. The van der Waals surface area contributed by atoms with Gasteiger partial charge in [0.05, 0.1) is 0 Å². The summed E-state index contributed by atoms with van der Waals surface area (Å²) in [6.45, 7) is 2.54. The zero-order chi connectivity index (χ0) is 7.94. The predicted octanol–water partition coefficient (Wildman–Crippen LogP) is -0.500. The van der Waals surface area contributed by atoms with Crippen LogP contribution in [0.5, 0.6) is 0 Å². The first-order chi connectivity index (χ1) is 5.43. The van der Waals surface area contributed by atoms with Crippen molar-refractivity contribution < 1.29 is 0 Å². The first-order valence-electron chi connectivity index (χ1n) is 3.82. The molecule has 0 aromatic carbocycles. The van der Waals surface area contributed by atoms with Crippen LogP contribution in [0.4, 0.5) is 0 Å². The highest BCUT2D eigenvalue weighted by Gasteiger charge is 1.91. The third-order valence-electron chi connectivity index (χ3n) is 1.45. The lowest BCUT2D eigenvalue weighted by atomic mass is 10.3. The van der Waals surface area contributed by atoms with Crippen molar-refractivity contribution in [2.75, 3.05) is 19.6 Å². The molecule has 0 atom stereocenters. The van der Waals surface area contributed by atoms with Crippen LogP contribution >= 0.6 is 0 Å². The lowest BCUT2D eigenvalue weighted by Gasteiger charge is -1.99. The minimum absolute atomic E-state index is 0.697. The fourth-order valence-electron chi connectivity index (χ4n) is 0.874. The maximum Gasteiger partial charge on any atom is 0.0490 e. The maximum absolute atomic E-state index is 5.31. The number of hydrogen-bond donors (Lipinski definition) is 3. The van der Waals surface area contributed by atoms with Gasteiger partial charge in [0, 0.05) is 37.9 Å². The van der Waals surface area contributed by atoms with E-state index in [-0.39, 0.29) is 0 Å². The van der Waals surface area contributed by atoms with Crippen molar-refractivity contribution in [3.63, 3.8) is 0 Å². The van der Waals surface area contributed by atoms with Gasteiger partial charge in [-0.05, 0) is 6.07 Å². The van der Waals surface area contributed by atoms with Crippen LogP contribution in [-0.2, 0) is 6.42 Å². The van der Waals surface area contributed by atoms with E-state index in [0.717, 1.165) is 25.2 Å². The molecule has 0 unspecified atom stereocenters. The predicted molar refractivity (Wildman–Crippen MR) is 44.2 cm³/mol. The van der Waals surface area contributed by atoms with Crippen molar-refractivity contribution in [3.8, 4) is 0 Å². The Kier molecular flexibility index (Phi) is 3.64. The molecule has 0 bridgehead atoms. The summed E-state index contributed by atoms with van der Waals surface area (Å²) in [7, 11) is 0. The first-order valence-corrected chi connectivity index (χ1v) is 3.82. The molecule has 0 fully saturated rings. The van der Waals surface area contributed by atoms with Gasteiger partial charge in [-0.15, -0.1) is 0 Å². The number of rotatable bonds is 5. The summed E-state index contributed by atoms with van der Waals surface area (Å²) in [6, 6.07) is 1.98. The molecule has 0 aliphatic carbocycles. The molecular formula is C7H14N4. The van der Waals surface area contributed by atoms with E-state index in [4.69, 9.17) is 5.73 Å². The highest BCUT2D eigenvalue weighted by atomic mass is 15.1. The van der Waals surface area contributed by atoms with Crippen molar-refractivity contribution >= 4 is 0 Å². The number of nitrogens with zero attached hydrogens (tertiary/aromatic N) is 1. The number of nitrogens with two attached hydrogens (primary N) is 1. The summed E-state index contributed by atoms with van der Waals surface area (Å²) in [5.41, 5.74) is 6.47. The lowest BCUT2D eigenvalue weighted by molar-refractivity contribution is 0.681. The maximum atomic E-state index is 5.31. The number of hydrogen-bond acceptors (Lipinski definition) is 3. The zero-order valence-electron chi connectivity index (χ0n) is 6.51. The van der Waals surface area contributed by atoms with Crippen molar-refractivity contribution in [2.45, 2.75) is 6.42 Å². The average molecular weight is 154 g/mol. The van der Waals surface area contributed by atoms with Gasteiger partial charge in [-0.1, -0.05) is 0 Å². The molecule has 0 aliphatic rings. The normalized spacial score (nSPS) is 10.3. The molecule has 0 saturated carbocycles. The van der Waals surface area contributed by atoms with Gasteiger partial charge in [0.25, 0.3) is 0 Å². The molecule has 1 rings (SSSR count). The van der Waals surface area contributed by atoms with Crippen LogP contribution in [-0.4, -0.2) is 29.8 Å². The molecule has 4 heteroatoms. The van der Waals surface area contributed by atoms with Crippen LogP contribution in [0.25, 0.3) is 0 Å². The van der Waals surface area contributed by atoms with Crippen LogP contribution in [0.2, 0.25) is 0 Å². The summed E-state index contributed by atoms with van der Waals surface area (Å²) in [6.07, 6.45) is 2.75. The van der Waals surface area contributed by atoms with E-state index >= 15 is 0 Å². The second-order valence-electron chi connectivity index (χ2n) is 2.37. The van der Waals surface area contributed by atoms with Crippen LogP contribution in [0.3, 0.4) is 0 Å². The van der Waals surface area contributed by atoms with E-state index in [0.29, 0.717) is 6.54 Å². The van der Waals surface area contributed by atoms with E-state index in [9.17, 15) is 0 Å². The summed E-state index contributed by atoms with van der Waals surface area (Å²) in [5, 5.41) is 9.94. The molecule has 11 heavy (non-hydrogen) atoms. The number of aromatic nitrogens is 2. The number of aromatic amines is 1. The summed E-state index contributed by atoms with van der Waals surface area (Å²) in [5.74, 6) is 0. The minimum atomic E-state index is 0.697. The first kappa shape index (κ1) is 8.23. The Balaban J connectivity index is 2.04. The highest BCUT2D eigenvalue weighted by molar-refractivity contribution is 4.97. The Labute approximate surface area is 66.2 Å². The smallest absolute Gasteiger partial charge is 0.0490 e. The fourth-order valence-corrected chi connectivity index (χ4v) is 0.874. The molecule has 0 spiro atoms. The van der Waals surface area contributed by atoms with Gasteiger partial charge in [0.2, 0.25) is 0 Å². The Morgan fingerprint density at radius 1 is 1.55 bits per heavy atom. The van der Waals surface area contributed by atoms with E-state index in [2.05, 4.69) is 15.5 Å². The third-order valence-corrected chi connectivity index (χ3v) is 1.45. The second kappa shape index (κ2) is 4.87. The van der Waals surface area contributed by atoms with Crippen LogP contribution in [0.1, 0.15) is 5.69 Å². The Hall–Kier alpha value is -0.870. The van der Waals surface area contributed by atoms with Crippen molar-refractivity contribution in [2.24, 2.45) is 5.73 Å². The zero-order valence-corrected chi connectivity index (χ0v) is 6.51. The molecule has 4 N–H and O–H groups in total. The molecule has 0 amide bonds. The van der Waals surface area contributed by atoms with E-state index in [1.165, 1.54) is 0 Å². The third kappa shape index (κ3) is 3.15. The summed E-state index contributed by atoms with van der Waals surface area (Å²) < 4.78 is 0. The SMILES string of the molecule is NCCNCCc1ccn[nH]1. The van der Waals surface area contributed by atoms with Gasteiger partial charge in [-0.2, -0.15) is 5.10 Å². The topological polar surface area (TPSA) is 66.7 Å².